The fraction of sp³-hybridized carbons (Fsp3) is 0.833. The molecular weight excluding hydrogens is 275 g/mol. The van der Waals surface area contributed by atoms with Crippen molar-refractivity contribution in [2.45, 2.75) is 50.9 Å². The molecule has 1 aliphatic carbocycles. The lowest BCUT2D eigenvalue weighted by atomic mass is 10.2. The third-order valence-corrected chi connectivity index (χ3v) is 3.14. The Kier molecular flexibility index (Phi) is 5.36. The molecule has 0 unspecified atom stereocenters. The summed E-state index contributed by atoms with van der Waals surface area (Å²) < 4.78 is 45.1. The number of alkyl halides is 3. The van der Waals surface area contributed by atoms with Crippen LogP contribution in [0.3, 0.4) is 0 Å². The van der Waals surface area contributed by atoms with Crippen molar-refractivity contribution in [3.63, 3.8) is 0 Å². The molecule has 2 rings (SSSR count). The summed E-state index contributed by atoms with van der Waals surface area (Å²) in [5.74, 6) is 0.832. The molecule has 0 radical (unpaired) electrons. The van der Waals surface area contributed by atoms with Gasteiger partial charge in [0.05, 0.1) is 13.2 Å². The molecular formula is C12H18F3N3O2. The monoisotopic (exact) mass is 293 g/mol. The summed E-state index contributed by atoms with van der Waals surface area (Å²) in [5.41, 5.74) is 0. The van der Waals surface area contributed by atoms with Crippen LogP contribution >= 0.6 is 0 Å². The highest BCUT2D eigenvalue weighted by atomic mass is 19.4. The minimum absolute atomic E-state index is 0.0749. The van der Waals surface area contributed by atoms with Gasteiger partial charge in [-0.3, -0.25) is 0 Å². The van der Waals surface area contributed by atoms with Crippen molar-refractivity contribution < 1.29 is 22.4 Å². The number of hydrogen-bond donors (Lipinski definition) is 1. The van der Waals surface area contributed by atoms with Crippen LogP contribution in [-0.4, -0.2) is 35.6 Å². The van der Waals surface area contributed by atoms with E-state index in [1.165, 1.54) is 12.8 Å². The standard InChI is InChI=1S/C12H18F3N3O2/c13-12(14,15)8-19-6-5-10-17-11(20-18-10)7-16-9-3-1-2-4-9/h9,16H,1-8H2. The zero-order valence-electron chi connectivity index (χ0n) is 11.1. The lowest BCUT2D eigenvalue weighted by Crippen LogP contribution is -2.25. The zero-order chi connectivity index (χ0) is 14.4. The van der Waals surface area contributed by atoms with Crippen molar-refractivity contribution in [3.8, 4) is 0 Å². The van der Waals surface area contributed by atoms with Gasteiger partial charge < -0.3 is 14.6 Å². The highest BCUT2D eigenvalue weighted by Crippen LogP contribution is 2.18. The molecule has 0 spiro atoms. The Morgan fingerprint density at radius 2 is 2.05 bits per heavy atom. The van der Waals surface area contributed by atoms with Gasteiger partial charge in [0.1, 0.15) is 6.61 Å². The topological polar surface area (TPSA) is 60.2 Å². The van der Waals surface area contributed by atoms with Crippen molar-refractivity contribution in [2.75, 3.05) is 13.2 Å². The summed E-state index contributed by atoms with van der Waals surface area (Å²) in [6, 6.07) is 0.500. The fourth-order valence-corrected chi connectivity index (χ4v) is 2.18. The van der Waals surface area contributed by atoms with Gasteiger partial charge in [-0.2, -0.15) is 18.2 Å². The first-order valence-electron chi connectivity index (χ1n) is 6.72. The van der Waals surface area contributed by atoms with Crippen LogP contribution in [0, 0.1) is 0 Å². The van der Waals surface area contributed by atoms with Crippen molar-refractivity contribution in [3.05, 3.63) is 11.7 Å². The Balaban J connectivity index is 1.64. The van der Waals surface area contributed by atoms with E-state index in [-0.39, 0.29) is 13.0 Å². The maximum atomic E-state index is 11.9. The molecule has 1 saturated carbocycles. The molecule has 1 aromatic rings. The van der Waals surface area contributed by atoms with Crippen LogP contribution in [0.2, 0.25) is 0 Å². The molecule has 1 heterocycles. The van der Waals surface area contributed by atoms with E-state index < -0.39 is 12.8 Å². The van der Waals surface area contributed by atoms with Gasteiger partial charge in [-0.1, -0.05) is 18.0 Å². The van der Waals surface area contributed by atoms with E-state index in [9.17, 15) is 13.2 Å². The maximum Gasteiger partial charge on any atom is 0.411 e. The summed E-state index contributed by atoms with van der Waals surface area (Å²) in [6.07, 6.45) is 0.710. The SMILES string of the molecule is FC(F)(F)COCCc1noc(CNC2CCCC2)n1. The van der Waals surface area contributed by atoms with Crippen LogP contribution in [0.5, 0.6) is 0 Å². The summed E-state index contributed by atoms with van der Waals surface area (Å²) in [5, 5.41) is 7.03. The van der Waals surface area contributed by atoms with E-state index in [0.717, 1.165) is 12.8 Å². The smallest absolute Gasteiger partial charge is 0.372 e. The normalized spacial score (nSPS) is 16.9. The molecule has 0 bridgehead atoms. The van der Waals surface area contributed by atoms with E-state index in [1.54, 1.807) is 0 Å². The van der Waals surface area contributed by atoms with Crippen molar-refractivity contribution >= 4 is 0 Å². The number of hydrogen-bond acceptors (Lipinski definition) is 5. The number of nitrogens with zero attached hydrogens (tertiary/aromatic N) is 2. The first-order valence-corrected chi connectivity index (χ1v) is 6.72. The molecule has 0 aliphatic heterocycles. The third-order valence-electron chi connectivity index (χ3n) is 3.14. The fourth-order valence-electron chi connectivity index (χ4n) is 2.18. The quantitative estimate of drug-likeness (QED) is 0.781. The van der Waals surface area contributed by atoms with E-state index in [1.807, 2.05) is 0 Å². The predicted octanol–water partition coefficient (Wildman–Crippen LogP) is 2.22. The van der Waals surface area contributed by atoms with Crippen LogP contribution < -0.4 is 5.32 Å². The van der Waals surface area contributed by atoms with Crippen LogP contribution in [-0.2, 0) is 17.7 Å². The largest absolute Gasteiger partial charge is 0.411 e. The molecule has 1 fully saturated rings. The molecule has 0 atom stereocenters. The number of nitrogens with one attached hydrogen (secondary N) is 1. The molecule has 20 heavy (non-hydrogen) atoms. The Bertz CT molecular complexity index is 403. The van der Waals surface area contributed by atoms with E-state index in [0.29, 0.717) is 24.3 Å². The molecule has 1 N–H and O–H groups in total. The van der Waals surface area contributed by atoms with E-state index in [2.05, 4.69) is 20.2 Å². The summed E-state index contributed by atoms with van der Waals surface area (Å²) in [6.45, 7) is -0.823. The van der Waals surface area contributed by atoms with Crippen LogP contribution in [0.25, 0.3) is 0 Å². The van der Waals surface area contributed by atoms with Crippen LogP contribution in [0.15, 0.2) is 4.52 Å². The van der Waals surface area contributed by atoms with Crippen molar-refractivity contribution in [1.82, 2.24) is 15.5 Å². The van der Waals surface area contributed by atoms with Gasteiger partial charge in [0.2, 0.25) is 5.89 Å². The molecule has 0 saturated heterocycles. The second kappa shape index (κ2) is 7.03. The zero-order valence-corrected chi connectivity index (χ0v) is 11.1. The predicted molar refractivity (Wildman–Crippen MR) is 64.0 cm³/mol. The van der Waals surface area contributed by atoms with Gasteiger partial charge >= 0.3 is 6.18 Å². The van der Waals surface area contributed by atoms with Crippen LogP contribution in [0.4, 0.5) is 13.2 Å². The lowest BCUT2D eigenvalue weighted by Gasteiger charge is -2.08. The maximum absolute atomic E-state index is 11.9. The molecule has 1 aromatic heterocycles. The molecule has 0 amide bonds. The average molecular weight is 293 g/mol. The molecule has 5 nitrogen and oxygen atoms in total. The summed E-state index contributed by atoms with van der Waals surface area (Å²) >= 11 is 0. The summed E-state index contributed by atoms with van der Waals surface area (Å²) in [4.78, 5) is 4.10. The third kappa shape index (κ3) is 5.46. The second-order valence-corrected chi connectivity index (χ2v) is 4.88. The first kappa shape index (κ1) is 15.2. The number of ether oxygens (including phenoxy) is 1. The minimum atomic E-state index is -4.30. The number of halogens is 3. The Morgan fingerprint density at radius 3 is 2.75 bits per heavy atom. The number of rotatable bonds is 7. The van der Waals surface area contributed by atoms with Gasteiger partial charge in [-0.05, 0) is 12.8 Å². The van der Waals surface area contributed by atoms with Gasteiger partial charge in [0.25, 0.3) is 0 Å². The van der Waals surface area contributed by atoms with Crippen molar-refractivity contribution in [1.29, 1.82) is 0 Å². The average Bonchev–Trinajstić information content (AvgIpc) is 3.02. The highest BCUT2D eigenvalue weighted by molar-refractivity contribution is 4.87. The van der Waals surface area contributed by atoms with Gasteiger partial charge in [-0.25, -0.2) is 0 Å². The first-order chi connectivity index (χ1) is 9.53. The Hall–Kier alpha value is -1.15. The number of aromatic nitrogens is 2. The van der Waals surface area contributed by atoms with Crippen LogP contribution in [0.1, 0.15) is 37.4 Å². The van der Waals surface area contributed by atoms with Gasteiger partial charge in [-0.15, -0.1) is 0 Å². The Morgan fingerprint density at radius 1 is 1.30 bits per heavy atom. The second-order valence-electron chi connectivity index (χ2n) is 4.88. The van der Waals surface area contributed by atoms with Gasteiger partial charge in [0.15, 0.2) is 5.82 Å². The molecule has 0 aromatic carbocycles. The molecule has 8 heteroatoms. The van der Waals surface area contributed by atoms with E-state index >= 15 is 0 Å². The molecule has 1 aliphatic rings. The minimum Gasteiger partial charge on any atom is -0.372 e. The van der Waals surface area contributed by atoms with E-state index in [4.69, 9.17) is 4.52 Å². The van der Waals surface area contributed by atoms with Gasteiger partial charge in [0, 0.05) is 12.5 Å². The lowest BCUT2D eigenvalue weighted by molar-refractivity contribution is -0.173. The van der Waals surface area contributed by atoms with Crippen molar-refractivity contribution in [2.24, 2.45) is 0 Å². The molecule has 114 valence electrons. The summed E-state index contributed by atoms with van der Waals surface area (Å²) in [7, 11) is 0. The Labute approximate surface area is 114 Å². The highest BCUT2D eigenvalue weighted by Gasteiger charge is 2.27.